The van der Waals surface area contributed by atoms with Gasteiger partial charge in [0.2, 0.25) is 0 Å². The van der Waals surface area contributed by atoms with Gasteiger partial charge < -0.3 is 24.1 Å². The van der Waals surface area contributed by atoms with Crippen LogP contribution in [0.25, 0.3) is 22.1 Å². The Hall–Kier alpha value is -3.15. The smallest absolute Gasteiger partial charge is 0.344 e. The summed E-state index contributed by atoms with van der Waals surface area (Å²) in [5.74, 6) is 0.732. The molecule has 6 nitrogen and oxygen atoms in total. The van der Waals surface area contributed by atoms with Gasteiger partial charge in [0.15, 0.2) is 11.5 Å². The molecule has 0 saturated heterocycles. The van der Waals surface area contributed by atoms with Crippen LogP contribution in [0.1, 0.15) is 11.1 Å². The molecule has 3 rings (SSSR count). The molecule has 130 valence electrons. The molecule has 0 fully saturated rings. The lowest BCUT2D eigenvalue weighted by Gasteiger charge is -2.13. The van der Waals surface area contributed by atoms with Crippen molar-refractivity contribution < 1.29 is 24.1 Å². The number of hydrogen-bond acceptors (Lipinski definition) is 6. The highest BCUT2D eigenvalue weighted by atomic mass is 16.5. The number of fused-ring (bicyclic) bond motifs is 1. The zero-order chi connectivity index (χ0) is 18.3. The van der Waals surface area contributed by atoms with Crippen LogP contribution in [0, 0.1) is 13.8 Å². The molecule has 0 spiro atoms. The van der Waals surface area contributed by atoms with Crippen molar-refractivity contribution in [2.75, 3.05) is 14.2 Å². The summed E-state index contributed by atoms with van der Waals surface area (Å²) in [5, 5.41) is 20.5. The van der Waals surface area contributed by atoms with Crippen LogP contribution >= 0.6 is 0 Å². The highest BCUT2D eigenvalue weighted by Crippen LogP contribution is 2.39. The minimum Gasteiger partial charge on any atom is -0.507 e. The fraction of sp³-hybridized carbons (Fsp3) is 0.211. The van der Waals surface area contributed by atoms with Crippen LogP contribution in [0.5, 0.6) is 23.0 Å². The molecule has 0 atom stereocenters. The summed E-state index contributed by atoms with van der Waals surface area (Å²) in [6.45, 7) is 3.34. The van der Waals surface area contributed by atoms with E-state index in [9.17, 15) is 15.0 Å². The van der Waals surface area contributed by atoms with Gasteiger partial charge in [-0.15, -0.1) is 0 Å². The van der Waals surface area contributed by atoms with Crippen LogP contribution < -0.4 is 15.1 Å². The Morgan fingerprint density at radius 3 is 2.24 bits per heavy atom. The summed E-state index contributed by atoms with van der Waals surface area (Å²) in [6, 6.07) is 6.33. The molecule has 2 aromatic carbocycles. The molecule has 0 saturated carbocycles. The summed E-state index contributed by atoms with van der Waals surface area (Å²) >= 11 is 0. The lowest BCUT2D eigenvalue weighted by Crippen LogP contribution is -2.07. The number of methoxy groups -OCH3 is 2. The Morgan fingerprint density at radius 1 is 0.920 bits per heavy atom. The van der Waals surface area contributed by atoms with E-state index in [0.29, 0.717) is 39.1 Å². The van der Waals surface area contributed by atoms with Crippen molar-refractivity contribution in [3.63, 3.8) is 0 Å². The van der Waals surface area contributed by atoms with Gasteiger partial charge in [0.1, 0.15) is 17.1 Å². The molecule has 0 radical (unpaired) electrons. The van der Waals surface area contributed by atoms with Crippen molar-refractivity contribution in [3.05, 3.63) is 45.8 Å². The number of phenolic OH excluding ortho intramolecular Hbond substituents is 2. The van der Waals surface area contributed by atoms with Crippen molar-refractivity contribution in [1.29, 1.82) is 0 Å². The van der Waals surface area contributed by atoms with Gasteiger partial charge in [-0.1, -0.05) is 6.07 Å². The monoisotopic (exact) mass is 342 g/mol. The van der Waals surface area contributed by atoms with Gasteiger partial charge in [-0.2, -0.15) is 0 Å². The summed E-state index contributed by atoms with van der Waals surface area (Å²) in [7, 11) is 3.04. The minimum atomic E-state index is -0.565. The Kier molecular flexibility index (Phi) is 4.04. The summed E-state index contributed by atoms with van der Waals surface area (Å²) < 4.78 is 15.9. The topological polar surface area (TPSA) is 89.1 Å². The average molecular weight is 342 g/mol. The zero-order valence-corrected chi connectivity index (χ0v) is 14.3. The number of rotatable bonds is 3. The van der Waals surface area contributed by atoms with Gasteiger partial charge in [0.05, 0.1) is 25.2 Å². The minimum absolute atomic E-state index is 0.133. The van der Waals surface area contributed by atoms with Crippen LogP contribution in [-0.2, 0) is 0 Å². The first-order valence-corrected chi connectivity index (χ1v) is 7.60. The third-order valence-corrected chi connectivity index (χ3v) is 4.30. The van der Waals surface area contributed by atoms with E-state index in [4.69, 9.17) is 13.9 Å². The number of hydrogen-bond donors (Lipinski definition) is 2. The maximum Gasteiger partial charge on any atom is 0.344 e. The molecule has 0 bridgehead atoms. The molecule has 0 aliphatic carbocycles. The largest absolute Gasteiger partial charge is 0.507 e. The van der Waals surface area contributed by atoms with Crippen LogP contribution in [0.3, 0.4) is 0 Å². The molecule has 1 heterocycles. The first-order valence-electron chi connectivity index (χ1n) is 7.60. The summed E-state index contributed by atoms with van der Waals surface area (Å²) in [5.41, 5.74) is 1.45. The third-order valence-electron chi connectivity index (χ3n) is 4.30. The third kappa shape index (κ3) is 2.55. The molecular weight excluding hydrogens is 324 g/mol. The normalized spacial score (nSPS) is 10.9. The Labute approximate surface area is 143 Å². The Morgan fingerprint density at radius 2 is 1.60 bits per heavy atom. The van der Waals surface area contributed by atoms with Crippen LogP contribution in [-0.4, -0.2) is 24.4 Å². The van der Waals surface area contributed by atoms with Gasteiger partial charge in [0, 0.05) is 11.6 Å². The fourth-order valence-electron chi connectivity index (χ4n) is 2.97. The maximum atomic E-state index is 12.6. The molecule has 0 amide bonds. The van der Waals surface area contributed by atoms with Crippen molar-refractivity contribution in [2.24, 2.45) is 0 Å². The van der Waals surface area contributed by atoms with Gasteiger partial charge >= 0.3 is 5.63 Å². The number of aryl methyl sites for hydroxylation is 2. The summed E-state index contributed by atoms with van der Waals surface area (Å²) in [6.07, 6.45) is 0. The molecule has 0 unspecified atom stereocenters. The molecule has 3 aromatic rings. The van der Waals surface area contributed by atoms with Gasteiger partial charge in [-0.25, -0.2) is 4.79 Å². The second-order valence-electron chi connectivity index (χ2n) is 5.70. The van der Waals surface area contributed by atoms with Crippen LogP contribution in [0.4, 0.5) is 0 Å². The lowest BCUT2D eigenvalue weighted by molar-refractivity contribution is 0.355. The standard InChI is InChI=1S/C19H18O6/c1-9-12(20)8-13(21)17-10(2)16(19(22)25-18(9)17)11-5-6-14(23-3)15(7-11)24-4/h5-8,20-21H,1-4H3. The Bertz CT molecular complexity index is 1030. The van der Waals surface area contributed by atoms with Crippen molar-refractivity contribution in [2.45, 2.75) is 13.8 Å². The number of aromatic hydroxyl groups is 2. The quantitative estimate of drug-likeness (QED) is 0.708. The highest BCUT2D eigenvalue weighted by Gasteiger charge is 2.20. The predicted molar refractivity (Wildman–Crippen MR) is 93.8 cm³/mol. The van der Waals surface area contributed by atoms with Gasteiger partial charge in [0.25, 0.3) is 0 Å². The molecule has 25 heavy (non-hydrogen) atoms. The molecule has 0 aliphatic heterocycles. The van der Waals surface area contributed by atoms with E-state index >= 15 is 0 Å². The molecular formula is C19H18O6. The van der Waals surface area contributed by atoms with Gasteiger partial charge in [-0.3, -0.25) is 0 Å². The van der Waals surface area contributed by atoms with Gasteiger partial charge in [-0.05, 0) is 37.1 Å². The van der Waals surface area contributed by atoms with Crippen LogP contribution in [0.15, 0.2) is 33.5 Å². The number of benzene rings is 2. The van der Waals surface area contributed by atoms with Crippen molar-refractivity contribution in [1.82, 2.24) is 0 Å². The van der Waals surface area contributed by atoms with Crippen LogP contribution in [0.2, 0.25) is 0 Å². The number of ether oxygens (including phenoxy) is 2. The maximum absolute atomic E-state index is 12.6. The summed E-state index contributed by atoms with van der Waals surface area (Å²) in [4.78, 5) is 12.6. The number of phenols is 2. The molecule has 0 aliphatic rings. The van der Waals surface area contributed by atoms with E-state index in [0.717, 1.165) is 0 Å². The van der Waals surface area contributed by atoms with E-state index in [1.807, 2.05) is 0 Å². The van der Waals surface area contributed by atoms with E-state index in [2.05, 4.69) is 0 Å². The molecule has 1 aromatic heterocycles. The van der Waals surface area contributed by atoms with Crippen molar-refractivity contribution >= 4 is 11.0 Å². The van der Waals surface area contributed by atoms with Crippen molar-refractivity contribution in [3.8, 4) is 34.1 Å². The fourth-order valence-corrected chi connectivity index (χ4v) is 2.97. The second kappa shape index (κ2) is 6.05. The van der Waals surface area contributed by atoms with E-state index in [-0.39, 0.29) is 17.1 Å². The predicted octanol–water partition coefficient (Wildman–Crippen LogP) is 3.51. The van der Waals surface area contributed by atoms with E-state index in [1.54, 1.807) is 32.0 Å². The first kappa shape index (κ1) is 16.7. The zero-order valence-electron chi connectivity index (χ0n) is 14.3. The first-order chi connectivity index (χ1) is 11.9. The molecule has 6 heteroatoms. The van der Waals surface area contributed by atoms with E-state index in [1.165, 1.54) is 20.3 Å². The SMILES string of the molecule is COc1ccc(-c2c(C)c3c(O)cc(O)c(C)c3oc2=O)cc1OC. The lowest BCUT2D eigenvalue weighted by atomic mass is 9.97. The highest BCUT2D eigenvalue weighted by molar-refractivity contribution is 5.94. The Balaban J connectivity index is 2.37. The molecule has 2 N–H and O–H groups in total. The van der Waals surface area contributed by atoms with E-state index < -0.39 is 5.63 Å². The average Bonchev–Trinajstić information content (AvgIpc) is 2.58. The second-order valence-corrected chi connectivity index (χ2v) is 5.70.